The second kappa shape index (κ2) is 6.39. The highest BCUT2D eigenvalue weighted by Gasteiger charge is 2.34. The average Bonchev–Trinajstić information content (AvgIpc) is 2.55. The lowest BCUT2D eigenvalue weighted by molar-refractivity contribution is -0.117. The Bertz CT molecular complexity index is 901. The highest BCUT2D eigenvalue weighted by atomic mass is 16.5. The number of rotatable bonds is 5. The van der Waals surface area contributed by atoms with Crippen molar-refractivity contribution in [2.75, 3.05) is 12.3 Å². The summed E-state index contributed by atoms with van der Waals surface area (Å²) in [6.45, 7) is 1.70. The largest absolute Gasteiger partial charge is 0.507 e. The molecule has 1 aliphatic carbocycles. The van der Waals surface area contributed by atoms with E-state index in [4.69, 9.17) is 10.5 Å². The summed E-state index contributed by atoms with van der Waals surface area (Å²) in [5.41, 5.74) is 6.51. The van der Waals surface area contributed by atoms with Crippen molar-refractivity contribution in [3.63, 3.8) is 0 Å². The lowest BCUT2D eigenvalue weighted by Crippen LogP contribution is -2.22. The molecule has 0 radical (unpaired) electrons. The molecule has 6 heteroatoms. The van der Waals surface area contributed by atoms with E-state index >= 15 is 0 Å². The van der Waals surface area contributed by atoms with Gasteiger partial charge in [-0.05, 0) is 25.5 Å². The van der Waals surface area contributed by atoms with Crippen LogP contribution in [0.3, 0.4) is 0 Å². The van der Waals surface area contributed by atoms with Gasteiger partial charge in [0.1, 0.15) is 17.3 Å². The standard InChI is InChI=1S/C19H17NO5/c1-10(21)4-3-7-25-15-9-11(20)8-13-17(15)19(24)16-12(18(13)23)5-2-6-14(16)22/h2,5-6,8-9,22H,3-4,7,20H2,1H3. The van der Waals surface area contributed by atoms with Crippen molar-refractivity contribution < 1.29 is 24.2 Å². The number of hydrogen-bond acceptors (Lipinski definition) is 6. The Kier molecular flexibility index (Phi) is 4.27. The molecule has 2 aromatic carbocycles. The van der Waals surface area contributed by atoms with Gasteiger partial charge in [-0.25, -0.2) is 0 Å². The summed E-state index contributed by atoms with van der Waals surface area (Å²) in [5, 5.41) is 10.0. The molecule has 0 saturated carbocycles. The highest BCUT2D eigenvalue weighted by Crippen LogP contribution is 2.38. The Morgan fingerprint density at radius 1 is 1.12 bits per heavy atom. The zero-order valence-electron chi connectivity index (χ0n) is 13.7. The number of nitrogen functional groups attached to an aromatic ring is 1. The Balaban J connectivity index is 2.03. The number of carbonyl (C=O) groups excluding carboxylic acids is 3. The van der Waals surface area contributed by atoms with Crippen LogP contribution in [0, 0.1) is 0 Å². The van der Waals surface area contributed by atoms with E-state index in [1.165, 1.54) is 37.3 Å². The molecule has 0 fully saturated rings. The van der Waals surface area contributed by atoms with Gasteiger partial charge in [0.2, 0.25) is 5.78 Å². The summed E-state index contributed by atoms with van der Waals surface area (Å²) < 4.78 is 5.62. The zero-order chi connectivity index (χ0) is 18.1. The van der Waals surface area contributed by atoms with Gasteiger partial charge in [0.25, 0.3) is 0 Å². The predicted octanol–water partition coefficient (Wildman–Crippen LogP) is 2.50. The Hall–Kier alpha value is -3.15. The minimum atomic E-state index is -0.482. The lowest BCUT2D eigenvalue weighted by atomic mass is 9.83. The van der Waals surface area contributed by atoms with E-state index in [-0.39, 0.29) is 51.9 Å². The van der Waals surface area contributed by atoms with Gasteiger partial charge in [-0.15, -0.1) is 0 Å². The zero-order valence-corrected chi connectivity index (χ0v) is 13.7. The van der Waals surface area contributed by atoms with E-state index in [1.54, 1.807) is 0 Å². The van der Waals surface area contributed by atoms with E-state index in [9.17, 15) is 19.5 Å². The second-order valence-corrected chi connectivity index (χ2v) is 5.95. The smallest absolute Gasteiger partial charge is 0.201 e. The molecule has 0 heterocycles. The van der Waals surface area contributed by atoms with E-state index in [0.29, 0.717) is 18.5 Å². The molecule has 0 saturated heterocycles. The molecular weight excluding hydrogens is 322 g/mol. The van der Waals surface area contributed by atoms with Crippen LogP contribution in [0.2, 0.25) is 0 Å². The Morgan fingerprint density at radius 3 is 2.60 bits per heavy atom. The van der Waals surface area contributed by atoms with Gasteiger partial charge in [-0.1, -0.05) is 12.1 Å². The second-order valence-electron chi connectivity index (χ2n) is 5.95. The van der Waals surface area contributed by atoms with E-state index in [2.05, 4.69) is 0 Å². The molecule has 0 atom stereocenters. The van der Waals surface area contributed by atoms with Crippen molar-refractivity contribution in [3.05, 3.63) is 52.6 Å². The van der Waals surface area contributed by atoms with Crippen LogP contribution in [0.15, 0.2) is 30.3 Å². The van der Waals surface area contributed by atoms with Gasteiger partial charge in [-0.2, -0.15) is 0 Å². The van der Waals surface area contributed by atoms with Crippen LogP contribution in [0.4, 0.5) is 5.69 Å². The number of phenolic OH excluding ortho intramolecular Hbond substituents is 1. The van der Waals surface area contributed by atoms with Crippen LogP contribution in [-0.2, 0) is 4.79 Å². The van der Waals surface area contributed by atoms with E-state index < -0.39 is 5.78 Å². The average molecular weight is 339 g/mol. The van der Waals surface area contributed by atoms with Gasteiger partial charge in [0.15, 0.2) is 5.78 Å². The van der Waals surface area contributed by atoms with Crippen molar-refractivity contribution in [1.29, 1.82) is 0 Å². The molecule has 0 amide bonds. The van der Waals surface area contributed by atoms with Gasteiger partial charge < -0.3 is 20.4 Å². The van der Waals surface area contributed by atoms with Crippen molar-refractivity contribution in [3.8, 4) is 11.5 Å². The van der Waals surface area contributed by atoms with E-state index in [1.807, 2.05) is 0 Å². The minimum Gasteiger partial charge on any atom is -0.507 e. The highest BCUT2D eigenvalue weighted by molar-refractivity contribution is 6.30. The number of anilines is 1. The monoisotopic (exact) mass is 339 g/mol. The fraction of sp³-hybridized carbons (Fsp3) is 0.211. The molecule has 0 aliphatic heterocycles. The Morgan fingerprint density at radius 2 is 1.88 bits per heavy atom. The molecule has 2 aromatic rings. The third-order valence-electron chi connectivity index (χ3n) is 4.04. The topological polar surface area (TPSA) is 107 Å². The van der Waals surface area contributed by atoms with Gasteiger partial charge in [0.05, 0.1) is 17.7 Å². The fourth-order valence-corrected chi connectivity index (χ4v) is 2.91. The van der Waals surface area contributed by atoms with Crippen molar-refractivity contribution in [2.24, 2.45) is 0 Å². The molecule has 0 aromatic heterocycles. The number of phenols is 1. The maximum Gasteiger partial charge on any atom is 0.201 e. The van der Waals surface area contributed by atoms with Crippen LogP contribution >= 0.6 is 0 Å². The number of ether oxygens (including phenoxy) is 1. The van der Waals surface area contributed by atoms with Crippen LogP contribution in [0.5, 0.6) is 11.5 Å². The summed E-state index contributed by atoms with van der Waals surface area (Å²) in [6, 6.07) is 7.28. The van der Waals surface area contributed by atoms with Crippen molar-refractivity contribution in [2.45, 2.75) is 19.8 Å². The Labute approximate surface area is 144 Å². The number of Topliss-reactive ketones (excluding diaryl/α,β-unsaturated/α-hetero) is 1. The number of nitrogens with two attached hydrogens (primary N) is 1. The number of carbonyl (C=O) groups is 3. The van der Waals surface area contributed by atoms with Crippen LogP contribution in [0.1, 0.15) is 51.6 Å². The third kappa shape index (κ3) is 2.98. The first-order chi connectivity index (χ1) is 11.9. The third-order valence-corrected chi connectivity index (χ3v) is 4.04. The minimum absolute atomic E-state index is 0.0293. The summed E-state index contributed by atoms with van der Waals surface area (Å²) in [7, 11) is 0. The first kappa shape index (κ1) is 16.7. The summed E-state index contributed by atoms with van der Waals surface area (Å²) in [6.07, 6.45) is 0.851. The predicted molar refractivity (Wildman–Crippen MR) is 91.2 cm³/mol. The molecule has 0 spiro atoms. The molecule has 6 nitrogen and oxygen atoms in total. The van der Waals surface area contributed by atoms with Crippen LogP contribution < -0.4 is 10.5 Å². The maximum absolute atomic E-state index is 12.9. The number of benzene rings is 2. The molecule has 0 bridgehead atoms. The number of aromatic hydroxyl groups is 1. The molecular formula is C19H17NO5. The van der Waals surface area contributed by atoms with Gasteiger partial charge in [-0.3, -0.25) is 9.59 Å². The van der Waals surface area contributed by atoms with E-state index in [0.717, 1.165) is 0 Å². The van der Waals surface area contributed by atoms with Crippen molar-refractivity contribution in [1.82, 2.24) is 0 Å². The first-order valence-electron chi connectivity index (χ1n) is 7.87. The number of hydrogen-bond donors (Lipinski definition) is 2. The molecule has 128 valence electrons. The quantitative estimate of drug-likeness (QED) is 0.546. The summed E-state index contributed by atoms with van der Waals surface area (Å²) >= 11 is 0. The molecule has 25 heavy (non-hydrogen) atoms. The van der Waals surface area contributed by atoms with Crippen molar-refractivity contribution >= 4 is 23.0 Å². The van der Waals surface area contributed by atoms with Crippen LogP contribution in [-0.4, -0.2) is 29.1 Å². The van der Waals surface area contributed by atoms with Crippen LogP contribution in [0.25, 0.3) is 0 Å². The lowest BCUT2D eigenvalue weighted by Gasteiger charge is -2.21. The molecule has 0 unspecified atom stereocenters. The summed E-state index contributed by atoms with van der Waals surface area (Å²) in [5.74, 6) is -0.888. The van der Waals surface area contributed by atoms with Gasteiger partial charge >= 0.3 is 0 Å². The molecule has 3 rings (SSSR count). The summed E-state index contributed by atoms with van der Waals surface area (Å²) in [4.78, 5) is 36.6. The molecule has 1 aliphatic rings. The normalized spacial score (nSPS) is 12.5. The van der Waals surface area contributed by atoms with Gasteiger partial charge in [0, 0.05) is 29.3 Å². The fourth-order valence-electron chi connectivity index (χ4n) is 2.91. The maximum atomic E-state index is 12.9. The molecule has 3 N–H and O–H groups in total. The number of ketones is 3. The number of fused-ring (bicyclic) bond motifs is 2. The first-order valence-corrected chi connectivity index (χ1v) is 7.87. The SMILES string of the molecule is CC(=O)CCCOc1cc(N)cc2c1C(=O)c1c(O)cccc1C2=O.